The maximum Gasteiger partial charge on any atom is 0.271 e. The molecule has 1 amide bonds. The molecule has 3 aliphatic rings. The highest BCUT2D eigenvalue weighted by molar-refractivity contribution is 5.98. The molecule has 2 aromatic carbocycles. The van der Waals surface area contributed by atoms with Crippen molar-refractivity contribution in [3.05, 3.63) is 95.4 Å². The minimum absolute atomic E-state index is 0.0695. The fraction of sp³-hybridized carbons (Fsp3) is 0.412. The second-order valence-electron chi connectivity index (χ2n) is 12.1. The van der Waals surface area contributed by atoms with Crippen LogP contribution in [0.5, 0.6) is 0 Å². The Morgan fingerprint density at radius 2 is 1.88 bits per heavy atom. The number of carbonyl (C=O) groups excluding carboxylic acids is 1. The highest BCUT2D eigenvalue weighted by atomic mass is 16.2. The number of aromatic amines is 1. The maximum absolute atomic E-state index is 14.1. The quantitative estimate of drug-likeness (QED) is 0.296. The number of rotatable bonds is 6. The Hall–Kier alpha value is -3.64. The predicted octanol–water partition coefficient (Wildman–Crippen LogP) is 6.53. The minimum atomic E-state index is 0.0695. The lowest BCUT2D eigenvalue weighted by molar-refractivity contribution is 0.0633. The van der Waals surface area contributed by atoms with E-state index in [2.05, 4.69) is 80.5 Å². The van der Waals surface area contributed by atoms with Crippen LogP contribution in [0.1, 0.15) is 71.2 Å². The molecule has 40 heavy (non-hydrogen) atoms. The molecule has 6 nitrogen and oxygen atoms in total. The summed E-state index contributed by atoms with van der Waals surface area (Å²) in [5, 5.41) is 4.71. The van der Waals surface area contributed by atoms with Gasteiger partial charge in [0, 0.05) is 54.0 Å². The molecule has 2 fully saturated rings. The van der Waals surface area contributed by atoms with Crippen LogP contribution in [0, 0.1) is 12.8 Å². The molecule has 5 heterocycles. The molecule has 0 radical (unpaired) electrons. The number of piperidine rings is 1. The van der Waals surface area contributed by atoms with Gasteiger partial charge in [0.15, 0.2) is 0 Å². The van der Waals surface area contributed by atoms with Crippen molar-refractivity contribution in [3.8, 4) is 0 Å². The van der Waals surface area contributed by atoms with Crippen molar-refractivity contribution >= 4 is 22.5 Å². The van der Waals surface area contributed by atoms with Crippen molar-refractivity contribution in [2.75, 3.05) is 31.5 Å². The lowest BCUT2D eigenvalue weighted by Gasteiger charge is -2.36. The lowest BCUT2D eigenvalue weighted by atomic mass is 9.81. The van der Waals surface area contributed by atoms with E-state index in [1.165, 1.54) is 29.7 Å². The topological polar surface area (TPSA) is 64.3 Å². The van der Waals surface area contributed by atoms with Crippen molar-refractivity contribution in [1.82, 2.24) is 19.8 Å². The van der Waals surface area contributed by atoms with Crippen molar-refractivity contribution in [2.45, 2.75) is 57.0 Å². The van der Waals surface area contributed by atoms with Gasteiger partial charge in [-0.05, 0) is 99.0 Å². The Morgan fingerprint density at radius 3 is 2.73 bits per heavy atom. The summed E-state index contributed by atoms with van der Waals surface area (Å²) in [5.41, 5.74) is 6.88. The number of hydrogen-bond donors (Lipinski definition) is 2. The zero-order chi connectivity index (χ0) is 27.1. The van der Waals surface area contributed by atoms with Crippen LogP contribution in [0.15, 0.2) is 73.1 Å². The fourth-order valence-electron chi connectivity index (χ4n) is 7.51. The number of aromatic nitrogens is 2. The molecule has 2 aromatic heterocycles. The number of aryl methyl sites for hydroxylation is 1. The van der Waals surface area contributed by atoms with E-state index < -0.39 is 0 Å². The third-order valence-corrected chi connectivity index (χ3v) is 9.67. The van der Waals surface area contributed by atoms with Gasteiger partial charge >= 0.3 is 0 Å². The molecule has 2 N–H and O–H groups in total. The van der Waals surface area contributed by atoms with E-state index in [1.807, 2.05) is 24.5 Å². The Labute approximate surface area is 236 Å². The summed E-state index contributed by atoms with van der Waals surface area (Å²) < 4.78 is 0. The van der Waals surface area contributed by atoms with Crippen LogP contribution in [-0.2, 0) is 0 Å². The van der Waals surface area contributed by atoms with Gasteiger partial charge in [-0.15, -0.1) is 0 Å². The Balaban J connectivity index is 1.04. The highest BCUT2D eigenvalue weighted by Crippen LogP contribution is 2.41. The van der Waals surface area contributed by atoms with Crippen LogP contribution in [0.25, 0.3) is 10.9 Å². The normalized spacial score (nSPS) is 23.4. The summed E-state index contributed by atoms with van der Waals surface area (Å²) in [6.45, 7) is 6.51. The summed E-state index contributed by atoms with van der Waals surface area (Å²) in [4.78, 5) is 26.7. The van der Waals surface area contributed by atoms with E-state index >= 15 is 0 Å². The molecule has 0 spiro atoms. The van der Waals surface area contributed by atoms with E-state index in [0.717, 1.165) is 67.8 Å². The molecule has 0 saturated carbocycles. The van der Waals surface area contributed by atoms with E-state index in [9.17, 15) is 4.79 Å². The highest BCUT2D eigenvalue weighted by Gasteiger charge is 2.39. The first-order valence-corrected chi connectivity index (χ1v) is 15.0. The molecule has 206 valence electrons. The van der Waals surface area contributed by atoms with Gasteiger partial charge in [0.1, 0.15) is 5.69 Å². The first kappa shape index (κ1) is 25.3. The Morgan fingerprint density at radius 1 is 1.00 bits per heavy atom. The molecule has 6 heteroatoms. The van der Waals surface area contributed by atoms with Crippen LogP contribution >= 0.6 is 0 Å². The smallest absolute Gasteiger partial charge is 0.271 e. The van der Waals surface area contributed by atoms with Crippen LogP contribution in [-0.4, -0.2) is 57.9 Å². The molecule has 0 bridgehead atoms. The van der Waals surface area contributed by atoms with Gasteiger partial charge in [-0.2, -0.15) is 0 Å². The number of amides is 1. The molecule has 2 saturated heterocycles. The third kappa shape index (κ3) is 4.79. The summed E-state index contributed by atoms with van der Waals surface area (Å²) in [6.07, 6.45) is 9.28. The number of anilines is 1. The van der Waals surface area contributed by atoms with Gasteiger partial charge in [0.05, 0.1) is 6.04 Å². The van der Waals surface area contributed by atoms with E-state index in [1.54, 1.807) is 0 Å². The minimum Gasteiger partial charge on any atom is -0.384 e. The zero-order valence-electron chi connectivity index (χ0n) is 23.4. The van der Waals surface area contributed by atoms with E-state index in [4.69, 9.17) is 0 Å². The van der Waals surface area contributed by atoms with E-state index in [0.29, 0.717) is 11.6 Å². The molecule has 3 atom stereocenters. The Bertz CT molecular complexity index is 1490. The lowest BCUT2D eigenvalue weighted by Crippen LogP contribution is -2.41. The van der Waals surface area contributed by atoms with Crippen molar-refractivity contribution in [3.63, 3.8) is 0 Å². The molecule has 7 rings (SSSR count). The monoisotopic (exact) mass is 533 g/mol. The van der Waals surface area contributed by atoms with Crippen molar-refractivity contribution in [1.29, 1.82) is 0 Å². The van der Waals surface area contributed by atoms with Gasteiger partial charge < -0.3 is 20.1 Å². The van der Waals surface area contributed by atoms with Gasteiger partial charge in [-0.3, -0.25) is 9.78 Å². The van der Waals surface area contributed by atoms with Crippen LogP contribution < -0.4 is 5.32 Å². The van der Waals surface area contributed by atoms with Gasteiger partial charge in [0.2, 0.25) is 0 Å². The molecule has 3 aliphatic heterocycles. The van der Waals surface area contributed by atoms with Crippen LogP contribution in [0.4, 0.5) is 5.69 Å². The predicted molar refractivity (Wildman–Crippen MR) is 161 cm³/mol. The number of likely N-dealkylation sites (tertiary alicyclic amines) is 2. The van der Waals surface area contributed by atoms with Crippen LogP contribution in [0.3, 0.4) is 0 Å². The second kappa shape index (κ2) is 10.7. The Kier molecular flexibility index (Phi) is 6.80. The second-order valence-corrected chi connectivity index (χ2v) is 12.1. The average molecular weight is 534 g/mol. The van der Waals surface area contributed by atoms with Gasteiger partial charge in [-0.25, -0.2) is 0 Å². The summed E-state index contributed by atoms with van der Waals surface area (Å²) in [7, 11) is 0. The summed E-state index contributed by atoms with van der Waals surface area (Å²) in [6, 6.07) is 21.6. The first-order valence-electron chi connectivity index (χ1n) is 15.0. The number of nitrogens with zero attached hydrogens (tertiary/aromatic N) is 3. The van der Waals surface area contributed by atoms with Crippen molar-refractivity contribution in [2.24, 2.45) is 5.92 Å². The SMILES string of the molecule is Cc1ccc2cc(C(=O)N3[C@H](CCN4CCC(C5CNc6ccccc65)CC4)CC[C@@H]3c3cccnc3)[nH]c2c1. The number of benzene rings is 2. The van der Waals surface area contributed by atoms with Gasteiger partial charge in [-0.1, -0.05) is 36.4 Å². The molecular weight excluding hydrogens is 494 g/mol. The number of fused-ring (bicyclic) bond motifs is 2. The van der Waals surface area contributed by atoms with Crippen LogP contribution in [0.2, 0.25) is 0 Å². The number of nitrogens with one attached hydrogen (secondary N) is 2. The number of hydrogen-bond acceptors (Lipinski definition) is 4. The molecule has 4 aromatic rings. The molecule has 1 unspecified atom stereocenters. The van der Waals surface area contributed by atoms with Gasteiger partial charge in [0.25, 0.3) is 5.91 Å². The van der Waals surface area contributed by atoms with E-state index in [-0.39, 0.29) is 18.0 Å². The zero-order valence-corrected chi connectivity index (χ0v) is 23.4. The first-order chi connectivity index (χ1) is 19.6. The summed E-state index contributed by atoms with van der Waals surface area (Å²) >= 11 is 0. The number of H-pyrrole nitrogens is 1. The number of carbonyl (C=O) groups is 1. The number of pyridine rings is 1. The fourth-order valence-corrected chi connectivity index (χ4v) is 7.51. The standard InChI is InChI=1S/C34H39N5O/c1-23-8-9-25-20-32(37-31(25)19-23)34(40)39-27(10-11-33(39)26-5-4-15-35-21-26)14-18-38-16-12-24(13-17-38)29-22-36-30-7-3-2-6-28(29)30/h2-9,15,19-21,24,27,29,33,36-37H,10-14,16-18,22H2,1H3/t27-,29?,33+/m0/s1. The molecular formula is C34H39N5O. The largest absolute Gasteiger partial charge is 0.384 e. The number of para-hydroxylation sites is 1. The van der Waals surface area contributed by atoms with Crippen molar-refractivity contribution < 1.29 is 4.79 Å². The maximum atomic E-state index is 14.1. The average Bonchev–Trinajstić information content (AvgIpc) is 3.73. The molecule has 0 aliphatic carbocycles. The third-order valence-electron chi connectivity index (χ3n) is 9.67. The summed E-state index contributed by atoms with van der Waals surface area (Å²) in [5.74, 6) is 1.50.